The zero-order valence-electron chi connectivity index (χ0n) is 14.4. The van der Waals surface area contributed by atoms with Gasteiger partial charge in [-0.3, -0.25) is 4.57 Å². The maximum Gasteiger partial charge on any atom is 0.232 e. The van der Waals surface area contributed by atoms with Gasteiger partial charge in [0.25, 0.3) is 0 Å². The van der Waals surface area contributed by atoms with Crippen molar-refractivity contribution in [2.45, 2.75) is 6.04 Å². The maximum atomic E-state index is 9.96. The first-order valence-electron chi connectivity index (χ1n) is 8.75. The van der Waals surface area contributed by atoms with Gasteiger partial charge in [-0.15, -0.1) is 0 Å². The lowest BCUT2D eigenvalue weighted by molar-refractivity contribution is 0.317. The summed E-state index contributed by atoms with van der Waals surface area (Å²) in [7, 11) is 0. The number of hydrogen-bond acceptors (Lipinski definition) is 4. The van der Waals surface area contributed by atoms with Crippen molar-refractivity contribution in [2.24, 2.45) is 10.1 Å². The highest BCUT2D eigenvalue weighted by molar-refractivity contribution is 6.50. The topological polar surface area (TPSA) is 62.8 Å². The largest absolute Gasteiger partial charge is 0.411 e. The number of oxime groups is 1. The molecule has 4 aromatic rings. The molecule has 1 unspecified atom stereocenters. The second kappa shape index (κ2) is 6.21. The minimum Gasteiger partial charge on any atom is -0.411 e. The van der Waals surface area contributed by atoms with E-state index in [1.807, 2.05) is 89.5 Å². The average Bonchev–Trinajstić information content (AvgIpc) is 3.12. The number of para-hydroxylation sites is 2. The monoisotopic (exact) mass is 352 g/mol. The van der Waals surface area contributed by atoms with Gasteiger partial charge < -0.3 is 5.21 Å². The van der Waals surface area contributed by atoms with E-state index in [9.17, 15) is 5.21 Å². The molecule has 5 heteroatoms. The van der Waals surface area contributed by atoms with Gasteiger partial charge in [-0.2, -0.15) is 0 Å². The summed E-state index contributed by atoms with van der Waals surface area (Å²) in [6.45, 7) is 0. The highest BCUT2D eigenvalue weighted by atomic mass is 16.4. The molecule has 0 bridgehead atoms. The Morgan fingerprint density at radius 1 is 0.815 bits per heavy atom. The minimum atomic E-state index is -0.314. The van der Waals surface area contributed by atoms with Crippen LogP contribution >= 0.6 is 0 Å². The Bertz CT molecular complexity index is 1180. The summed E-state index contributed by atoms with van der Waals surface area (Å²) >= 11 is 0. The van der Waals surface area contributed by atoms with Crippen LogP contribution in [0.5, 0.6) is 0 Å². The highest BCUT2D eigenvalue weighted by Crippen LogP contribution is 2.36. The van der Waals surface area contributed by atoms with Gasteiger partial charge in [0.15, 0.2) is 0 Å². The first kappa shape index (κ1) is 15.5. The van der Waals surface area contributed by atoms with E-state index in [0.29, 0.717) is 17.4 Å². The summed E-state index contributed by atoms with van der Waals surface area (Å²) in [5.41, 5.74) is 4.86. The molecule has 3 aromatic carbocycles. The molecular formula is C22H16N4O. The number of hydrogen-bond donors (Lipinski definition) is 1. The lowest BCUT2D eigenvalue weighted by atomic mass is 9.93. The molecule has 0 spiro atoms. The van der Waals surface area contributed by atoms with E-state index in [1.54, 1.807) is 0 Å². The molecule has 5 rings (SSSR count). The molecule has 0 fully saturated rings. The highest BCUT2D eigenvalue weighted by Gasteiger charge is 2.33. The number of rotatable bonds is 2. The van der Waals surface area contributed by atoms with Crippen molar-refractivity contribution < 1.29 is 5.21 Å². The van der Waals surface area contributed by atoms with Gasteiger partial charge in [0.2, 0.25) is 5.95 Å². The fraction of sp³-hybridized carbons (Fsp3) is 0.0455. The molecular weight excluding hydrogens is 336 g/mol. The van der Waals surface area contributed by atoms with E-state index in [0.717, 1.165) is 22.2 Å². The second-order valence-corrected chi connectivity index (χ2v) is 6.40. The summed E-state index contributed by atoms with van der Waals surface area (Å²) < 4.78 is 2.03. The van der Waals surface area contributed by atoms with Gasteiger partial charge >= 0.3 is 0 Å². The number of benzene rings is 3. The predicted molar refractivity (Wildman–Crippen MR) is 106 cm³/mol. The van der Waals surface area contributed by atoms with Crippen molar-refractivity contribution in [2.75, 3.05) is 0 Å². The normalized spacial score (nSPS) is 17.7. The fourth-order valence-electron chi connectivity index (χ4n) is 3.63. The Balaban J connectivity index is 1.84. The van der Waals surface area contributed by atoms with Crippen LogP contribution in [0.2, 0.25) is 0 Å². The molecule has 130 valence electrons. The molecule has 1 aliphatic heterocycles. The number of aliphatic imine (C=N–C) groups is 1. The Morgan fingerprint density at radius 3 is 2.22 bits per heavy atom. The lowest BCUT2D eigenvalue weighted by Gasteiger charge is -2.27. The fourth-order valence-corrected chi connectivity index (χ4v) is 3.63. The van der Waals surface area contributed by atoms with E-state index >= 15 is 0 Å². The van der Waals surface area contributed by atoms with Crippen LogP contribution in [0.4, 0.5) is 5.95 Å². The van der Waals surface area contributed by atoms with Gasteiger partial charge in [-0.25, -0.2) is 9.98 Å². The molecule has 0 radical (unpaired) electrons. The number of aromatic nitrogens is 2. The average molecular weight is 352 g/mol. The molecule has 1 atom stereocenters. The van der Waals surface area contributed by atoms with E-state index in [-0.39, 0.29) is 6.04 Å². The van der Waals surface area contributed by atoms with Crippen molar-refractivity contribution >= 4 is 28.4 Å². The SMILES string of the molecule is ON=C1C(c2ccccc2)=Nc2nc3ccccc3n2C1c1ccccc1. The first-order valence-corrected chi connectivity index (χ1v) is 8.75. The predicted octanol–water partition coefficient (Wildman–Crippen LogP) is 4.59. The summed E-state index contributed by atoms with van der Waals surface area (Å²) in [6.07, 6.45) is 0. The third-order valence-electron chi connectivity index (χ3n) is 4.82. The molecule has 5 nitrogen and oxygen atoms in total. The summed E-state index contributed by atoms with van der Waals surface area (Å²) in [6, 6.07) is 27.4. The molecule has 0 saturated heterocycles. The Labute approximate surface area is 155 Å². The summed E-state index contributed by atoms with van der Waals surface area (Å²) in [4.78, 5) is 9.47. The Hall–Kier alpha value is -3.73. The zero-order chi connectivity index (χ0) is 18.2. The molecule has 1 aromatic heterocycles. The van der Waals surface area contributed by atoms with Crippen LogP contribution < -0.4 is 0 Å². The van der Waals surface area contributed by atoms with Crippen molar-refractivity contribution in [3.05, 3.63) is 96.1 Å². The van der Waals surface area contributed by atoms with Gasteiger partial charge in [0.1, 0.15) is 17.5 Å². The van der Waals surface area contributed by atoms with Crippen molar-refractivity contribution in [1.82, 2.24) is 9.55 Å². The Kier molecular flexibility index (Phi) is 3.57. The molecule has 0 aliphatic carbocycles. The summed E-state index contributed by atoms with van der Waals surface area (Å²) in [5.74, 6) is 0.608. The van der Waals surface area contributed by atoms with Crippen molar-refractivity contribution in [1.29, 1.82) is 0 Å². The first-order chi connectivity index (χ1) is 13.4. The molecule has 2 heterocycles. The maximum absolute atomic E-state index is 9.96. The van der Waals surface area contributed by atoms with Gasteiger partial charge in [0.05, 0.1) is 11.0 Å². The zero-order valence-corrected chi connectivity index (χ0v) is 14.4. The van der Waals surface area contributed by atoms with Crippen LogP contribution in [0.15, 0.2) is 95.1 Å². The molecule has 0 saturated carbocycles. The van der Waals surface area contributed by atoms with Crippen LogP contribution in [0, 0.1) is 0 Å². The molecule has 27 heavy (non-hydrogen) atoms. The van der Waals surface area contributed by atoms with Gasteiger partial charge in [-0.1, -0.05) is 78.0 Å². The smallest absolute Gasteiger partial charge is 0.232 e. The molecule has 0 amide bonds. The third kappa shape index (κ3) is 2.44. The van der Waals surface area contributed by atoms with Crippen LogP contribution in [-0.4, -0.2) is 26.2 Å². The quantitative estimate of drug-likeness (QED) is 0.424. The minimum absolute atomic E-state index is 0.314. The number of nitrogens with zero attached hydrogens (tertiary/aromatic N) is 4. The van der Waals surface area contributed by atoms with Crippen LogP contribution in [0.3, 0.4) is 0 Å². The van der Waals surface area contributed by atoms with E-state index < -0.39 is 0 Å². The second-order valence-electron chi connectivity index (χ2n) is 6.40. The van der Waals surface area contributed by atoms with E-state index in [2.05, 4.69) is 5.16 Å². The standard InChI is InChI=1S/C22H16N4O/c27-25-20-19(15-9-3-1-4-10-15)24-22-23-17-13-7-8-14-18(17)26(22)21(20)16-11-5-2-6-12-16/h1-14,21,27H. The van der Waals surface area contributed by atoms with Crippen LogP contribution in [-0.2, 0) is 0 Å². The number of imidazole rings is 1. The van der Waals surface area contributed by atoms with Gasteiger partial charge in [-0.05, 0) is 17.7 Å². The van der Waals surface area contributed by atoms with Crippen LogP contribution in [0.1, 0.15) is 17.2 Å². The van der Waals surface area contributed by atoms with Crippen molar-refractivity contribution in [3.63, 3.8) is 0 Å². The van der Waals surface area contributed by atoms with E-state index in [1.165, 1.54) is 0 Å². The lowest BCUT2D eigenvalue weighted by Crippen LogP contribution is -2.32. The van der Waals surface area contributed by atoms with Gasteiger partial charge in [0, 0.05) is 5.56 Å². The number of fused-ring (bicyclic) bond motifs is 3. The summed E-state index contributed by atoms with van der Waals surface area (Å²) in [5, 5.41) is 13.6. The van der Waals surface area contributed by atoms with Crippen molar-refractivity contribution in [3.8, 4) is 0 Å². The molecule has 1 aliphatic rings. The molecule has 1 N–H and O–H groups in total. The Morgan fingerprint density at radius 2 is 1.48 bits per heavy atom. The third-order valence-corrected chi connectivity index (χ3v) is 4.82. The van der Waals surface area contributed by atoms with E-state index in [4.69, 9.17) is 9.98 Å². The van der Waals surface area contributed by atoms with Crippen LogP contribution in [0.25, 0.3) is 11.0 Å².